The van der Waals surface area contributed by atoms with Gasteiger partial charge in [-0.15, -0.1) is 0 Å². The lowest BCUT2D eigenvalue weighted by atomic mass is 9.75. The minimum atomic E-state index is 0.484. The molecule has 0 heterocycles. The Morgan fingerprint density at radius 1 is 0.500 bits per heavy atom. The van der Waals surface area contributed by atoms with Gasteiger partial charge in [-0.1, -0.05) is 96.1 Å². The molecule has 0 atom stereocenters. The Bertz CT molecular complexity index is 1460. The molecule has 162 valence electrons. The number of hydrogen-bond donors (Lipinski definition) is 2. The molecule has 2 heteroatoms. The zero-order valence-electron chi connectivity index (χ0n) is 19.9. The highest BCUT2D eigenvalue weighted by Crippen LogP contribution is 2.48. The molecule has 5 aromatic rings. The summed E-state index contributed by atoms with van der Waals surface area (Å²) in [5.74, 6) is 1.49. The minimum absolute atomic E-state index is 0.484. The predicted molar refractivity (Wildman–Crippen MR) is 140 cm³/mol. The van der Waals surface area contributed by atoms with E-state index in [1.165, 1.54) is 49.1 Å². The third kappa shape index (κ3) is 3.18. The molecule has 5 aromatic carbocycles. The lowest BCUT2D eigenvalue weighted by molar-refractivity contribution is 0.760. The quantitative estimate of drug-likeness (QED) is 0.166. The van der Waals surface area contributed by atoms with Gasteiger partial charge in [-0.3, -0.25) is 0 Å². The van der Waals surface area contributed by atoms with E-state index in [-0.39, 0.29) is 0 Å². The third-order valence-corrected chi connectivity index (χ3v) is 6.65. The number of benzene rings is 5. The molecular formula is C30H32N2. The lowest BCUT2D eigenvalue weighted by Crippen LogP contribution is -2.08. The summed E-state index contributed by atoms with van der Waals surface area (Å²) in [5, 5.41) is 22.6. The van der Waals surface area contributed by atoms with Crippen molar-refractivity contribution in [1.29, 1.82) is 10.8 Å². The van der Waals surface area contributed by atoms with Crippen LogP contribution in [0, 0.1) is 10.8 Å². The predicted octanol–water partition coefficient (Wildman–Crippen LogP) is 9.43. The largest absolute Gasteiger partial charge is 0.242 e. The molecule has 0 saturated carbocycles. The molecule has 0 aliphatic heterocycles. The van der Waals surface area contributed by atoms with Crippen molar-refractivity contribution in [2.75, 3.05) is 0 Å². The molecule has 0 unspecified atom stereocenters. The molecule has 0 bridgehead atoms. The van der Waals surface area contributed by atoms with Gasteiger partial charge < -0.3 is 0 Å². The van der Waals surface area contributed by atoms with E-state index in [0.29, 0.717) is 17.8 Å². The fourth-order valence-corrected chi connectivity index (χ4v) is 5.73. The van der Waals surface area contributed by atoms with E-state index in [1.807, 2.05) is 0 Å². The van der Waals surface area contributed by atoms with Crippen molar-refractivity contribution >= 4 is 49.1 Å². The first-order chi connectivity index (χ1) is 15.3. The van der Waals surface area contributed by atoms with Crippen LogP contribution >= 0.6 is 0 Å². The van der Waals surface area contributed by atoms with Crippen molar-refractivity contribution < 1.29 is 0 Å². The third-order valence-electron chi connectivity index (χ3n) is 6.65. The van der Waals surface area contributed by atoms with Crippen LogP contribution in [-0.4, -0.2) is 6.01 Å². The zero-order chi connectivity index (χ0) is 23.2. The van der Waals surface area contributed by atoms with Gasteiger partial charge in [0.15, 0.2) is 0 Å². The van der Waals surface area contributed by atoms with E-state index in [2.05, 4.69) is 96.1 Å². The average Bonchev–Trinajstić information content (AvgIpc) is 2.76. The highest BCUT2D eigenvalue weighted by molar-refractivity contribution is 6.34. The van der Waals surface area contributed by atoms with Crippen LogP contribution in [0.3, 0.4) is 0 Å². The summed E-state index contributed by atoms with van der Waals surface area (Å²) in [6.45, 7) is 14.2. The Balaban J connectivity index is 0.000000775. The van der Waals surface area contributed by atoms with Gasteiger partial charge in [-0.05, 0) is 77.5 Å². The first kappa shape index (κ1) is 22.0. The summed E-state index contributed by atoms with van der Waals surface area (Å²) < 4.78 is 0. The number of fused-ring (bicyclic) bond motifs is 2. The van der Waals surface area contributed by atoms with Crippen LogP contribution in [0.4, 0.5) is 0 Å². The highest BCUT2D eigenvalue weighted by Gasteiger charge is 2.25. The molecule has 0 fully saturated rings. The molecular weight excluding hydrogens is 388 g/mol. The molecule has 0 amide bonds. The van der Waals surface area contributed by atoms with E-state index >= 15 is 0 Å². The molecule has 32 heavy (non-hydrogen) atoms. The first-order valence-corrected chi connectivity index (χ1v) is 11.6. The monoisotopic (exact) mass is 420 g/mol. The Labute approximate surface area is 190 Å². The van der Waals surface area contributed by atoms with E-state index in [0.717, 1.165) is 0 Å². The van der Waals surface area contributed by atoms with Crippen molar-refractivity contribution in [2.24, 2.45) is 0 Å². The second-order valence-electron chi connectivity index (χ2n) is 9.64. The van der Waals surface area contributed by atoms with Crippen LogP contribution in [0.5, 0.6) is 0 Å². The Morgan fingerprint density at radius 2 is 0.938 bits per heavy atom. The fourth-order valence-electron chi connectivity index (χ4n) is 5.73. The summed E-state index contributed by atoms with van der Waals surface area (Å²) in [6.07, 6.45) is 0. The summed E-state index contributed by atoms with van der Waals surface area (Å²) >= 11 is 0. The Kier molecular flexibility index (Phi) is 5.75. The maximum Gasteiger partial charge on any atom is 0.0831 e. The molecule has 0 aliphatic rings. The van der Waals surface area contributed by atoms with Crippen LogP contribution in [-0.2, 0) is 0 Å². The van der Waals surface area contributed by atoms with Crippen LogP contribution in [0.2, 0.25) is 0 Å². The number of rotatable bonds is 3. The SMILES string of the molecule is CC(C)c1c(C(C)C)c2cccc3c4cccc5cccc(c(c1C(C)C)c23)c54.N=C=N. The van der Waals surface area contributed by atoms with Crippen molar-refractivity contribution in [2.45, 2.75) is 59.3 Å². The molecule has 2 N–H and O–H groups in total. The standard InChI is InChI=1S/C29H30.CH2N2/c1-16(2)24-22-15-9-13-21-20-12-7-10-19-11-8-14-23(27(19)20)29(28(21)22)26(18(5)6)25(24)17(3)4;2-1-3/h7-18H,1-6H3;2-3H. The van der Waals surface area contributed by atoms with E-state index in [4.69, 9.17) is 10.8 Å². The van der Waals surface area contributed by atoms with Crippen molar-refractivity contribution in [3.05, 3.63) is 71.3 Å². The van der Waals surface area contributed by atoms with Gasteiger partial charge in [0.05, 0.1) is 6.01 Å². The van der Waals surface area contributed by atoms with Gasteiger partial charge in [0.1, 0.15) is 0 Å². The molecule has 0 spiro atoms. The second-order valence-corrected chi connectivity index (χ2v) is 9.64. The number of hydrogen-bond acceptors (Lipinski definition) is 2. The van der Waals surface area contributed by atoms with Crippen molar-refractivity contribution in [1.82, 2.24) is 0 Å². The van der Waals surface area contributed by atoms with Gasteiger partial charge in [-0.2, -0.15) is 0 Å². The average molecular weight is 421 g/mol. The Hall–Kier alpha value is -3.22. The normalized spacial score (nSPS) is 11.8. The summed E-state index contributed by atoms with van der Waals surface area (Å²) in [6, 6.07) is 21.8. The molecule has 0 aromatic heterocycles. The maximum atomic E-state index is 5.62. The first-order valence-electron chi connectivity index (χ1n) is 11.6. The molecule has 0 aliphatic carbocycles. The van der Waals surface area contributed by atoms with E-state index in [1.54, 1.807) is 16.7 Å². The van der Waals surface area contributed by atoms with Crippen LogP contribution < -0.4 is 0 Å². The van der Waals surface area contributed by atoms with Crippen LogP contribution in [0.15, 0.2) is 54.6 Å². The maximum absolute atomic E-state index is 5.62. The summed E-state index contributed by atoms with van der Waals surface area (Å²) in [7, 11) is 0. The summed E-state index contributed by atoms with van der Waals surface area (Å²) in [4.78, 5) is 0. The summed E-state index contributed by atoms with van der Waals surface area (Å²) in [5.41, 5.74) is 4.69. The minimum Gasteiger partial charge on any atom is -0.242 e. The van der Waals surface area contributed by atoms with Crippen LogP contribution in [0.25, 0.3) is 43.1 Å². The smallest absolute Gasteiger partial charge is 0.0831 e. The highest BCUT2D eigenvalue weighted by atomic mass is 14.4. The molecule has 0 saturated heterocycles. The van der Waals surface area contributed by atoms with E-state index in [9.17, 15) is 0 Å². The van der Waals surface area contributed by atoms with Gasteiger partial charge in [0.2, 0.25) is 0 Å². The molecule has 0 radical (unpaired) electrons. The van der Waals surface area contributed by atoms with Crippen molar-refractivity contribution in [3.8, 4) is 0 Å². The zero-order valence-corrected chi connectivity index (χ0v) is 19.9. The second kappa shape index (κ2) is 8.37. The molecule has 2 nitrogen and oxygen atoms in total. The van der Waals surface area contributed by atoms with Crippen molar-refractivity contribution in [3.63, 3.8) is 0 Å². The Morgan fingerprint density at radius 3 is 1.47 bits per heavy atom. The van der Waals surface area contributed by atoms with Gasteiger partial charge >= 0.3 is 0 Å². The fraction of sp³-hybridized carbons (Fsp3) is 0.300. The molecule has 5 rings (SSSR count). The van der Waals surface area contributed by atoms with Crippen LogP contribution in [0.1, 0.15) is 76.0 Å². The van der Waals surface area contributed by atoms with Gasteiger partial charge in [-0.25, -0.2) is 10.8 Å². The van der Waals surface area contributed by atoms with Gasteiger partial charge in [0.25, 0.3) is 0 Å². The topological polar surface area (TPSA) is 47.7 Å². The lowest BCUT2D eigenvalue weighted by Gasteiger charge is -2.28. The number of nitrogens with one attached hydrogen (secondary N) is 2. The van der Waals surface area contributed by atoms with E-state index < -0.39 is 0 Å². The van der Waals surface area contributed by atoms with Gasteiger partial charge in [0, 0.05) is 0 Å².